The van der Waals surface area contributed by atoms with Crippen molar-refractivity contribution in [3.63, 3.8) is 0 Å². The lowest BCUT2D eigenvalue weighted by Crippen LogP contribution is -2.35. The third-order valence-electron chi connectivity index (χ3n) is 2.96. The standard InChI is InChI=1S/C9H18N4O.2C2HF3O2/c1-9(2,13(3)4)8-11-7(5-6-10)12-14-8;2*3-2(4,5)1(6)7/h5-6,10H2,1-4H3;2*(H,6,7). The number of nitrogens with zero attached hydrogens (tertiary/aromatic N) is 3. The number of hydrogen-bond donors (Lipinski definition) is 3. The number of rotatable bonds is 4. The molecule has 28 heavy (non-hydrogen) atoms. The van der Waals surface area contributed by atoms with E-state index in [1.165, 1.54) is 0 Å². The second-order valence-electron chi connectivity index (χ2n) is 5.61. The van der Waals surface area contributed by atoms with Gasteiger partial charge >= 0.3 is 24.3 Å². The van der Waals surface area contributed by atoms with E-state index in [0.717, 1.165) is 0 Å². The zero-order chi connectivity index (χ0) is 22.9. The Labute approximate surface area is 155 Å². The van der Waals surface area contributed by atoms with E-state index in [0.29, 0.717) is 24.7 Å². The molecular weight excluding hydrogens is 406 g/mol. The molecule has 164 valence electrons. The molecular formula is C13H20F6N4O5. The fourth-order valence-electron chi connectivity index (χ4n) is 0.924. The Balaban J connectivity index is 0. The van der Waals surface area contributed by atoms with Crippen molar-refractivity contribution in [1.29, 1.82) is 0 Å². The lowest BCUT2D eigenvalue weighted by Gasteiger charge is -2.27. The predicted molar refractivity (Wildman–Crippen MR) is 81.2 cm³/mol. The first-order chi connectivity index (χ1) is 12.4. The SMILES string of the molecule is CN(C)C(C)(C)c1nc(CCN)no1.O=C(O)C(F)(F)F.O=C(O)C(F)(F)F. The largest absolute Gasteiger partial charge is 0.490 e. The smallest absolute Gasteiger partial charge is 0.475 e. The van der Waals surface area contributed by atoms with Crippen LogP contribution in [0.3, 0.4) is 0 Å². The molecule has 0 atom stereocenters. The normalized spacial score (nSPS) is 11.9. The molecule has 1 rings (SSSR count). The lowest BCUT2D eigenvalue weighted by molar-refractivity contribution is -0.193. The van der Waals surface area contributed by atoms with E-state index in [4.69, 9.17) is 30.1 Å². The maximum atomic E-state index is 10.6. The van der Waals surface area contributed by atoms with Gasteiger partial charge in [0.2, 0.25) is 5.89 Å². The first kappa shape index (κ1) is 27.8. The van der Waals surface area contributed by atoms with Crippen LogP contribution in [-0.2, 0) is 21.5 Å². The van der Waals surface area contributed by atoms with Gasteiger partial charge in [0, 0.05) is 6.42 Å². The van der Waals surface area contributed by atoms with Gasteiger partial charge in [0.15, 0.2) is 5.82 Å². The van der Waals surface area contributed by atoms with E-state index >= 15 is 0 Å². The summed E-state index contributed by atoms with van der Waals surface area (Å²) in [4.78, 5) is 24.1. The Morgan fingerprint density at radius 3 is 1.64 bits per heavy atom. The molecule has 1 heterocycles. The van der Waals surface area contributed by atoms with Crippen LogP contribution < -0.4 is 5.73 Å². The molecule has 9 nitrogen and oxygen atoms in total. The summed E-state index contributed by atoms with van der Waals surface area (Å²) in [5.74, 6) is -4.21. The Bertz CT molecular complexity index is 604. The number of aromatic nitrogens is 2. The van der Waals surface area contributed by atoms with E-state index in [2.05, 4.69) is 10.1 Å². The number of halogens is 6. The summed E-state index contributed by atoms with van der Waals surface area (Å²) < 4.78 is 68.7. The van der Waals surface area contributed by atoms with Crippen molar-refractivity contribution in [2.24, 2.45) is 5.73 Å². The van der Waals surface area contributed by atoms with E-state index in [1.807, 2.05) is 32.8 Å². The maximum absolute atomic E-state index is 10.6. The van der Waals surface area contributed by atoms with Gasteiger partial charge in [-0.25, -0.2) is 9.59 Å². The number of aliphatic carboxylic acids is 2. The fraction of sp³-hybridized carbons (Fsp3) is 0.692. The lowest BCUT2D eigenvalue weighted by atomic mass is 10.0. The first-order valence-corrected chi connectivity index (χ1v) is 7.18. The number of nitrogens with two attached hydrogens (primary N) is 1. The predicted octanol–water partition coefficient (Wildman–Crippen LogP) is 1.63. The molecule has 1 aromatic heterocycles. The minimum atomic E-state index is -5.08. The average Bonchev–Trinajstić information content (AvgIpc) is 2.96. The fourth-order valence-corrected chi connectivity index (χ4v) is 0.924. The number of carbonyl (C=O) groups is 2. The molecule has 0 aromatic carbocycles. The zero-order valence-electron chi connectivity index (χ0n) is 15.2. The number of hydrogen-bond acceptors (Lipinski definition) is 7. The van der Waals surface area contributed by atoms with Crippen molar-refractivity contribution in [2.75, 3.05) is 20.6 Å². The summed E-state index contributed by atoms with van der Waals surface area (Å²) in [6, 6.07) is 0. The van der Waals surface area contributed by atoms with Crippen LogP contribution in [-0.4, -0.2) is 70.2 Å². The number of alkyl halides is 6. The van der Waals surface area contributed by atoms with Gasteiger partial charge in [0.25, 0.3) is 0 Å². The van der Waals surface area contributed by atoms with Crippen LogP contribution in [0.2, 0.25) is 0 Å². The topological polar surface area (TPSA) is 143 Å². The summed E-state index contributed by atoms with van der Waals surface area (Å²) in [6.07, 6.45) is -9.51. The molecule has 0 spiro atoms. The van der Waals surface area contributed by atoms with Crippen molar-refractivity contribution in [3.05, 3.63) is 11.7 Å². The highest BCUT2D eigenvalue weighted by Gasteiger charge is 2.38. The van der Waals surface area contributed by atoms with Crippen LogP contribution in [0.25, 0.3) is 0 Å². The van der Waals surface area contributed by atoms with Gasteiger partial charge in [-0.2, -0.15) is 31.3 Å². The van der Waals surface area contributed by atoms with Crippen LogP contribution >= 0.6 is 0 Å². The maximum Gasteiger partial charge on any atom is 0.490 e. The second kappa shape index (κ2) is 10.8. The van der Waals surface area contributed by atoms with E-state index < -0.39 is 24.3 Å². The highest BCUT2D eigenvalue weighted by Crippen LogP contribution is 2.23. The van der Waals surface area contributed by atoms with Crippen LogP contribution in [0, 0.1) is 0 Å². The minimum absolute atomic E-state index is 0.236. The summed E-state index contributed by atoms with van der Waals surface area (Å²) in [5, 5.41) is 18.1. The van der Waals surface area contributed by atoms with Gasteiger partial charge < -0.3 is 20.5 Å². The molecule has 1 aromatic rings. The molecule has 0 fully saturated rings. The summed E-state index contributed by atoms with van der Waals surface area (Å²) in [5.41, 5.74) is 5.17. The van der Waals surface area contributed by atoms with Gasteiger partial charge in [0.05, 0.1) is 5.54 Å². The summed E-state index contributed by atoms with van der Waals surface area (Å²) >= 11 is 0. The highest BCUT2D eigenvalue weighted by atomic mass is 19.4. The van der Waals surface area contributed by atoms with E-state index in [9.17, 15) is 26.3 Å². The van der Waals surface area contributed by atoms with Crippen LogP contribution in [0.1, 0.15) is 25.6 Å². The van der Waals surface area contributed by atoms with Crippen molar-refractivity contribution < 1.29 is 50.7 Å². The van der Waals surface area contributed by atoms with Gasteiger partial charge in [-0.1, -0.05) is 5.16 Å². The van der Waals surface area contributed by atoms with Crippen molar-refractivity contribution in [3.8, 4) is 0 Å². The average molecular weight is 426 g/mol. The molecule has 0 saturated heterocycles. The Hall–Kier alpha value is -2.42. The Morgan fingerprint density at radius 1 is 1.04 bits per heavy atom. The van der Waals surface area contributed by atoms with Gasteiger partial charge in [-0.05, 0) is 34.5 Å². The molecule has 0 aliphatic heterocycles. The van der Waals surface area contributed by atoms with Crippen LogP contribution in [0.15, 0.2) is 4.52 Å². The van der Waals surface area contributed by atoms with Crippen molar-refractivity contribution >= 4 is 11.9 Å². The number of carboxylic acid groups (broad SMARTS) is 2. The van der Waals surface area contributed by atoms with Gasteiger partial charge in [-0.15, -0.1) is 0 Å². The first-order valence-electron chi connectivity index (χ1n) is 7.18. The molecule has 4 N–H and O–H groups in total. The summed E-state index contributed by atoms with van der Waals surface area (Å²) in [7, 11) is 3.96. The number of carboxylic acids is 2. The monoisotopic (exact) mass is 426 g/mol. The molecule has 0 saturated carbocycles. The Kier molecular flexibility index (Phi) is 10.7. The molecule has 0 bridgehead atoms. The highest BCUT2D eigenvalue weighted by molar-refractivity contribution is 5.73. The molecule has 0 unspecified atom stereocenters. The van der Waals surface area contributed by atoms with E-state index in [-0.39, 0.29) is 5.54 Å². The van der Waals surface area contributed by atoms with E-state index in [1.54, 1.807) is 0 Å². The molecule has 0 aliphatic rings. The quantitative estimate of drug-likeness (QED) is 0.612. The van der Waals surface area contributed by atoms with Crippen LogP contribution in [0.5, 0.6) is 0 Å². The van der Waals surface area contributed by atoms with Gasteiger partial charge in [-0.3, -0.25) is 4.90 Å². The third kappa shape index (κ3) is 10.7. The minimum Gasteiger partial charge on any atom is -0.475 e. The molecule has 0 aliphatic carbocycles. The second-order valence-corrected chi connectivity index (χ2v) is 5.61. The van der Waals surface area contributed by atoms with Crippen molar-refractivity contribution in [1.82, 2.24) is 15.0 Å². The molecule has 0 amide bonds. The van der Waals surface area contributed by atoms with Gasteiger partial charge in [0.1, 0.15) is 0 Å². The zero-order valence-corrected chi connectivity index (χ0v) is 15.2. The van der Waals surface area contributed by atoms with Crippen LogP contribution in [0.4, 0.5) is 26.3 Å². The van der Waals surface area contributed by atoms with Crippen molar-refractivity contribution in [2.45, 2.75) is 38.2 Å². The Morgan fingerprint density at radius 2 is 1.39 bits per heavy atom. The summed E-state index contributed by atoms with van der Waals surface area (Å²) in [6.45, 7) is 4.61. The third-order valence-corrected chi connectivity index (χ3v) is 2.96. The molecule has 15 heteroatoms. The molecule has 0 radical (unpaired) electrons.